The standard InChI is InChI=1S/C26H28N2O5S/c1-18-15-21(24-5-3-4-6-25(24)27-18)17-33-22-7-9-23(10-8-22)34(31,32)26(16-29)20-11-13-28(14-12-20)19(2)30/h3-10,15-16,20,26H,11-14,17H2,1-2H3. The third-order valence-corrected chi connectivity index (χ3v) is 8.56. The van der Waals surface area contributed by atoms with Crippen molar-refractivity contribution in [3.05, 3.63) is 65.9 Å². The summed E-state index contributed by atoms with van der Waals surface area (Å²) in [6.45, 7) is 4.69. The minimum atomic E-state index is -3.84. The first-order valence-corrected chi connectivity index (χ1v) is 12.9. The van der Waals surface area contributed by atoms with Crippen LogP contribution in [0.2, 0.25) is 0 Å². The summed E-state index contributed by atoms with van der Waals surface area (Å²) in [5.74, 6) is 0.196. The van der Waals surface area contributed by atoms with Gasteiger partial charge in [-0.3, -0.25) is 9.78 Å². The van der Waals surface area contributed by atoms with Crippen LogP contribution in [0.25, 0.3) is 10.9 Å². The molecule has 3 aromatic rings. The maximum atomic E-state index is 13.2. The number of aldehydes is 1. The number of rotatable bonds is 7. The molecule has 0 N–H and O–H groups in total. The molecule has 1 saturated heterocycles. The molecule has 2 heterocycles. The largest absolute Gasteiger partial charge is 0.489 e. The second kappa shape index (κ2) is 9.93. The highest BCUT2D eigenvalue weighted by atomic mass is 32.2. The van der Waals surface area contributed by atoms with Crippen LogP contribution in [0.3, 0.4) is 0 Å². The van der Waals surface area contributed by atoms with Crippen LogP contribution in [0.15, 0.2) is 59.5 Å². The van der Waals surface area contributed by atoms with E-state index in [2.05, 4.69) is 4.98 Å². The molecule has 0 aliphatic carbocycles. The number of pyridine rings is 1. The van der Waals surface area contributed by atoms with E-state index < -0.39 is 15.1 Å². The van der Waals surface area contributed by atoms with Gasteiger partial charge in [-0.05, 0) is 62.1 Å². The SMILES string of the molecule is CC(=O)N1CCC(C(C=O)S(=O)(=O)c2ccc(OCc3cc(C)nc4ccccc34)cc2)CC1. The molecule has 4 rings (SSSR count). The lowest BCUT2D eigenvalue weighted by atomic mass is 9.94. The number of benzene rings is 2. The van der Waals surface area contributed by atoms with E-state index in [1.165, 1.54) is 19.1 Å². The Morgan fingerprint density at radius 3 is 2.47 bits per heavy atom. The van der Waals surface area contributed by atoms with Crippen molar-refractivity contribution in [3.63, 3.8) is 0 Å². The van der Waals surface area contributed by atoms with E-state index >= 15 is 0 Å². The van der Waals surface area contributed by atoms with Crippen LogP contribution >= 0.6 is 0 Å². The van der Waals surface area contributed by atoms with Crippen molar-refractivity contribution in [2.75, 3.05) is 13.1 Å². The molecule has 0 bridgehead atoms. The second-order valence-electron chi connectivity index (χ2n) is 8.69. The lowest BCUT2D eigenvalue weighted by Gasteiger charge is -2.33. The fourth-order valence-corrected chi connectivity index (χ4v) is 6.29. The highest BCUT2D eigenvalue weighted by Gasteiger charge is 2.36. The highest BCUT2D eigenvalue weighted by molar-refractivity contribution is 7.92. The quantitative estimate of drug-likeness (QED) is 0.479. The number of hydrogen-bond donors (Lipinski definition) is 0. The molecular weight excluding hydrogens is 452 g/mol. The number of sulfone groups is 1. The maximum Gasteiger partial charge on any atom is 0.219 e. The van der Waals surface area contributed by atoms with Gasteiger partial charge >= 0.3 is 0 Å². The van der Waals surface area contributed by atoms with Crippen LogP contribution in [0, 0.1) is 12.8 Å². The molecule has 1 aliphatic rings. The van der Waals surface area contributed by atoms with Crippen LogP contribution in [0.5, 0.6) is 5.75 Å². The Morgan fingerprint density at radius 1 is 1.15 bits per heavy atom. The summed E-state index contributed by atoms with van der Waals surface area (Å²) in [6.07, 6.45) is 1.51. The Labute approximate surface area is 199 Å². The van der Waals surface area contributed by atoms with Gasteiger partial charge in [0.05, 0.1) is 10.4 Å². The van der Waals surface area contributed by atoms with E-state index in [1.807, 2.05) is 37.3 Å². The van der Waals surface area contributed by atoms with Crippen LogP contribution in [0.1, 0.15) is 31.0 Å². The van der Waals surface area contributed by atoms with Gasteiger partial charge in [0.25, 0.3) is 0 Å². The summed E-state index contributed by atoms with van der Waals surface area (Å²) in [7, 11) is -3.84. The molecule has 2 aromatic carbocycles. The van der Waals surface area contributed by atoms with Crippen molar-refractivity contribution in [2.45, 2.75) is 43.4 Å². The first-order chi connectivity index (χ1) is 16.3. The summed E-state index contributed by atoms with van der Waals surface area (Å²) in [5.41, 5.74) is 2.79. The van der Waals surface area contributed by atoms with Gasteiger partial charge in [0.1, 0.15) is 23.9 Å². The number of amides is 1. The third kappa shape index (κ3) is 4.97. The Hall–Kier alpha value is -3.26. The van der Waals surface area contributed by atoms with E-state index in [9.17, 15) is 18.0 Å². The van der Waals surface area contributed by atoms with Crippen molar-refractivity contribution in [1.29, 1.82) is 0 Å². The Bertz CT molecular complexity index is 1300. The summed E-state index contributed by atoms with van der Waals surface area (Å²) in [5, 5.41) is -0.114. The van der Waals surface area contributed by atoms with Crippen LogP contribution in [-0.2, 0) is 26.0 Å². The van der Waals surface area contributed by atoms with Gasteiger partial charge in [-0.25, -0.2) is 8.42 Å². The summed E-state index contributed by atoms with van der Waals surface area (Å²) in [4.78, 5) is 29.7. The van der Waals surface area contributed by atoms with Crippen molar-refractivity contribution < 1.29 is 22.7 Å². The summed E-state index contributed by atoms with van der Waals surface area (Å²) in [6, 6.07) is 16.0. The molecule has 1 amide bonds. The average molecular weight is 481 g/mol. The lowest BCUT2D eigenvalue weighted by molar-refractivity contribution is -0.130. The predicted octanol–water partition coefficient (Wildman–Crippen LogP) is 3.72. The van der Waals surface area contributed by atoms with Crippen molar-refractivity contribution in [2.24, 2.45) is 5.92 Å². The number of hydrogen-bond acceptors (Lipinski definition) is 6. The average Bonchev–Trinajstić information content (AvgIpc) is 2.83. The Balaban J connectivity index is 1.46. The van der Waals surface area contributed by atoms with E-state index in [-0.39, 0.29) is 16.7 Å². The minimum absolute atomic E-state index is 0.0329. The number of fused-ring (bicyclic) bond motifs is 1. The zero-order valence-electron chi connectivity index (χ0n) is 19.3. The number of likely N-dealkylation sites (tertiary alicyclic amines) is 1. The first kappa shape index (κ1) is 23.9. The van der Waals surface area contributed by atoms with Gasteiger partial charge in [0, 0.05) is 36.7 Å². The van der Waals surface area contributed by atoms with Crippen molar-refractivity contribution >= 4 is 32.9 Å². The van der Waals surface area contributed by atoms with E-state index in [1.54, 1.807) is 17.0 Å². The number of aromatic nitrogens is 1. The predicted molar refractivity (Wildman–Crippen MR) is 129 cm³/mol. The molecule has 0 saturated carbocycles. The van der Waals surface area contributed by atoms with Crippen molar-refractivity contribution in [3.8, 4) is 5.75 Å². The molecular formula is C26H28N2O5S. The normalized spacial score (nSPS) is 15.8. The zero-order chi connectivity index (χ0) is 24.3. The number of aryl methyl sites for hydroxylation is 1. The van der Waals surface area contributed by atoms with Gasteiger partial charge in [-0.15, -0.1) is 0 Å². The lowest BCUT2D eigenvalue weighted by Crippen LogP contribution is -2.42. The van der Waals surface area contributed by atoms with Gasteiger partial charge in [0.2, 0.25) is 5.91 Å². The topological polar surface area (TPSA) is 93.6 Å². The number of carbonyl (C=O) groups excluding carboxylic acids is 2. The van der Waals surface area contributed by atoms with Gasteiger partial charge in [0.15, 0.2) is 9.84 Å². The van der Waals surface area contributed by atoms with E-state index in [0.29, 0.717) is 44.6 Å². The molecule has 34 heavy (non-hydrogen) atoms. The van der Waals surface area contributed by atoms with E-state index in [4.69, 9.17) is 4.74 Å². The van der Waals surface area contributed by atoms with Gasteiger partial charge < -0.3 is 14.4 Å². The molecule has 178 valence electrons. The zero-order valence-corrected chi connectivity index (χ0v) is 20.1. The first-order valence-electron chi connectivity index (χ1n) is 11.3. The summed E-state index contributed by atoms with van der Waals surface area (Å²) >= 11 is 0. The number of piperidine rings is 1. The van der Waals surface area contributed by atoms with Crippen LogP contribution < -0.4 is 4.74 Å². The van der Waals surface area contributed by atoms with Gasteiger partial charge in [-0.2, -0.15) is 0 Å². The third-order valence-electron chi connectivity index (χ3n) is 6.42. The monoisotopic (exact) mass is 480 g/mol. The fraction of sp³-hybridized carbons (Fsp3) is 0.346. The highest BCUT2D eigenvalue weighted by Crippen LogP contribution is 2.29. The molecule has 7 nitrogen and oxygen atoms in total. The molecule has 0 radical (unpaired) electrons. The Kier molecular flexibility index (Phi) is 6.97. The van der Waals surface area contributed by atoms with Gasteiger partial charge in [-0.1, -0.05) is 18.2 Å². The Morgan fingerprint density at radius 2 is 1.82 bits per heavy atom. The number of nitrogens with zero attached hydrogens (tertiary/aromatic N) is 2. The minimum Gasteiger partial charge on any atom is -0.489 e. The van der Waals surface area contributed by atoms with E-state index in [0.717, 1.165) is 22.2 Å². The molecule has 0 spiro atoms. The molecule has 1 unspecified atom stereocenters. The van der Waals surface area contributed by atoms with Crippen molar-refractivity contribution in [1.82, 2.24) is 9.88 Å². The summed E-state index contributed by atoms with van der Waals surface area (Å²) < 4.78 is 32.3. The van der Waals surface area contributed by atoms with Crippen LogP contribution in [-0.4, -0.2) is 48.8 Å². The second-order valence-corrected chi connectivity index (χ2v) is 10.8. The number of para-hydroxylation sites is 1. The maximum absolute atomic E-state index is 13.2. The fourth-order valence-electron chi connectivity index (χ4n) is 4.54. The van der Waals surface area contributed by atoms with Crippen LogP contribution in [0.4, 0.5) is 0 Å². The molecule has 1 aliphatic heterocycles. The smallest absolute Gasteiger partial charge is 0.219 e. The number of ether oxygens (including phenoxy) is 1. The molecule has 1 atom stereocenters. The molecule has 1 aromatic heterocycles. The number of carbonyl (C=O) groups is 2. The molecule has 8 heteroatoms. The molecule has 1 fully saturated rings.